The van der Waals surface area contributed by atoms with Crippen LogP contribution < -0.4 is 9.62 Å². The van der Waals surface area contributed by atoms with Crippen molar-refractivity contribution >= 4 is 21.4 Å². The molecule has 2 aromatic carbocycles. The number of hydrogen-bond donors (Lipinski definition) is 1. The van der Waals surface area contributed by atoms with Crippen LogP contribution in [0, 0.1) is 0 Å². The summed E-state index contributed by atoms with van der Waals surface area (Å²) in [4.78, 5) is 1.67. The first-order valence-corrected chi connectivity index (χ1v) is 9.80. The Morgan fingerprint density at radius 1 is 0.923 bits per heavy atom. The highest BCUT2D eigenvalue weighted by atomic mass is 32.2. The van der Waals surface area contributed by atoms with E-state index in [1.165, 1.54) is 0 Å². The van der Waals surface area contributed by atoms with Crippen molar-refractivity contribution in [3.05, 3.63) is 54.1 Å². The van der Waals surface area contributed by atoms with Crippen LogP contribution in [-0.2, 0) is 16.2 Å². The number of halogens is 3. The van der Waals surface area contributed by atoms with Gasteiger partial charge in [-0.05, 0) is 49.6 Å². The Morgan fingerprint density at radius 2 is 1.62 bits per heavy atom. The Labute approximate surface area is 150 Å². The van der Waals surface area contributed by atoms with E-state index in [2.05, 4.69) is 9.62 Å². The van der Waals surface area contributed by atoms with Gasteiger partial charge in [0.25, 0.3) is 10.0 Å². The minimum absolute atomic E-state index is 0.367. The first-order chi connectivity index (χ1) is 12.3. The Balaban J connectivity index is 1.91. The number of nitrogens with zero attached hydrogens (tertiary/aromatic N) is 1. The van der Waals surface area contributed by atoms with Gasteiger partial charge < -0.3 is 4.90 Å². The van der Waals surface area contributed by atoms with Crippen molar-refractivity contribution in [2.45, 2.75) is 30.3 Å². The van der Waals surface area contributed by atoms with Crippen LogP contribution in [0.15, 0.2) is 53.4 Å². The molecular formula is C18H19F3N2O2S. The SMILES string of the molecule is O=S(=O)(Nc1ccccc1N1CCCCC1)c1cccc(C(F)(F)F)c1. The van der Waals surface area contributed by atoms with Crippen LogP contribution >= 0.6 is 0 Å². The molecule has 0 saturated carbocycles. The predicted octanol–water partition coefficient (Wildman–Crippen LogP) is 4.50. The second-order valence-electron chi connectivity index (χ2n) is 6.20. The second-order valence-corrected chi connectivity index (χ2v) is 7.88. The molecule has 4 nitrogen and oxygen atoms in total. The highest BCUT2D eigenvalue weighted by molar-refractivity contribution is 7.92. The van der Waals surface area contributed by atoms with Crippen LogP contribution in [0.2, 0.25) is 0 Å². The molecule has 1 heterocycles. The van der Waals surface area contributed by atoms with Gasteiger partial charge in [0, 0.05) is 13.1 Å². The van der Waals surface area contributed by atoms with Crippen molar-refractivity contribution in [1.82, 2.24) is 0 Å². The largest absolute Gasteiger partial charge is 0.416 e. The van der Waals surface area contributed by atoms with Gasteiger partial charge in [0.1, 0.15) is 0 Å². The number of piperidine rings is 1. The lowest BCUT2D eigenvalue weighted by molar-refractivity contribution is -0.137. The van der Waals surface area contributed by atoms with Crippen LogP contribution in [0.25, 0.3) is 0 Å². The van der Waals surface area contributed by atoms with Crippen LogP contribution in [0.1, 0.15) is 24.8 Å². The summed E-state index contributed by atoms with van der Waals surface area (Å²) in [6.07, 6.45) is -1.42. The van der Waals surface area contributed by atoms with Gasteiger partial charge in [-0.15, -0.1) is 0 Å². The van der Waals surface area contributed by atoms with Gasteiger partial charge in [-0.25, -0.2) is 8.42 Å². The maximum atomic E-state index is 12.9. The second kappa shape index (κ2) is 7.19. The van der Waals surface area contributed by atoms with Gasteiger partial charge in [-0.2, -0.15) is 13.2 Å². The highest BCUT2D eigenvalue weighted by Gasteiger charge is 2.31. The van der Waals surface area contributed by atoms with E-state index >= 15 is 0 Å². The van der Waals surface area contributed by atoms with Gasteiger partial charge >= 0.3 is 6.18 Å². The smallest absolute Gasteiger partial charge is 0.370 e. The molecule has 1 saturated heterocycles. The Kier molecular flexibility index (Phi) is 5.13. The minimum Gasteiger partial charge on any atom is -0.370 e. The minimum atomic E-state index is -4.60. The maximum absolute atomic E-state index is 12.9. The summed E-state index contributed by atoms with van der Waals surface area (Å²) < 4.78 is 66.3. The molecule has 1 aliphatic heterocycles. The normalized spacial score (nSPS) is 15.7. The third kappa shape index (κ3) is 4.12. The van der Waals surface area contributed by atoms with Crippen LogP contribution in [-0.4, -0.2) is 21.5 Å². The van der Waals surface area contributed by atoms with E-state index < -0.39 is 26.7 Å². The van der Waals surface area contributed by atoms with Gasteiger partial charge in [-0.3, -0.25) is 4.72 Å². The van der Waals surface area contributed by atoms with Crippen molar-refractivity contribution in [2.24, 2.45) is 0 Å². The molecule has 2 aromatic rings. The average Bonchev–Trinajstić information content (AvgIpc) is 2.62. The number of sulfonamides is 1. The Bertz CT molecular complexity index is 876. The molecule has 1 N–H and O–H groups in total. The van der Waals surface area contributed by atoms with Gasteiger partial charge in [0.15, 0.2) is 0 Å². The van der Waals surface area contributed by atoms with Crippen molar-refractivity contribution in [2.75, 3.05) is 22.7 Å². The number of rotatable bonds is 4. The summed E-state index contributed by atoms with van der Waals surface area (Å²) in [6, 6.07) is 10.7. The van der Waals surface area contributed by atoms with E-state index in [4.69, 9.17) is 0 Å². The number of para-hydroxylation sites is 2. The average molecular weight is 384 g/mol. The first-order valence-electron chi connectivity index (χ1n) is 8.31. The predicted molar refractivity (Wildman–Crippen MR) is 94.8 cm³/mol. The number of alkyl halides is 3. The molecule has 0 atom stereocenters. The van der Waals surface area contributed by atoms with Gasteiger partial charge in [0.2, 0.25) is 0 Å². The molecule has 0 amide bonds. The topological polar surface area (TPSA) is 49.4 Å². The molecule has 3 rings (SSSR count). The summed E-state index contributed by atoms with van der Waals surface area (Å²) in [5, 5.41) is 0. The zero-order valence-electron chi connectivity index (χ0n) is 14.0. The summed E-state index contributed by atoms with van der Waals surface area (Å²) in [7, 11) is -4.13. The van der Waals surface area contributed by atoms with E-state index in [1.54, 1.807) is 12.1 Å². The molecule has 1 fully saturated rings. The van der Waals surface area contributed by atoms with Crippen molar-refractivity contribution in [1.29, 1.82) is 0 Å². The summed E-state index contributed by atoms with van der Waals surface area (Å²) in [6.45, 7) is 1.64. The molecule has 8 heteroatoms. The summed E-state index contributed by atoms with van der Waals surface area (Å²) >= 11 is 0. The Morgan fingerprint density at radius 3 is 2.31 bits per heavy atom. The third-order valence-corrected chi connectivity index (χ3v) is 5.68. The van der Waals surface area contributed by atoms with Crippen LogP contribution in [0.3, 0.4) is 0 Å². The fourth-order valence-electron chi connectivity index (χ4n) is 3.01. The van der Waals surface area contributed by atoms with Gasteiger partial charge in [-0.1, -0.05) is 18.2 Å². The lowest BCUT2D eigenvalue weighted by atomic mass is 10.1. The molecule has 0 aromatic heterocycles. The number of benzene rings is 2. The lowest BCUT2D eigenvalue weighted by Crippen LogP contribution is -2.30. The molecule has 0 unspecified atom stereocenters. The number of nitrogens with one attached hydrogen (secondary N) is 1. The van der Waals surface area contributed by atoms with E-state index in [0.29, 0.717) is 11.8 Å². The lowest BCUT2D eigenvalue weighted by Gasteiger charge is -2.30. The number of anilines is 2. The monoisotopic (exact) mass is 384 g/mol. The summed E-state index contributed by atoms with van der Waals surface area (Å²) in [5.74, 6) is 0. The highest BCUT2D eigenvalue weighted by Crippen LogP contribution is 2.33. The van der Waals surface area contributed by atoms with Crippen molar-refractivity contribution in [3.63, 3.8) is 0 Å². The molecule has 0 radical (unpaired) electrons. The van der Waals surface area contributed by atoms with E-state index in [-0.39, 0.29) is 0 Å². The molecule has 26 heavy (non-hydrogen) atoms. The molecule has 0 spiro atoms. The van der Waals surface area contributed by atoms with Crippen LogP contribution in [0.4, 0.5) is 24.5 Å². The number of hydrogen-bond acceptors (Lipinski definition) is 3. The third-order valence-electron chi connectivity index (χ3n) is 4.32. The fourth-order valence-corrected chi connectivity index (χ4v) is 4.13. The Hall–Kier alpha value is -2.22. The van der Waals surface area contributed by atoms with Crippen LogP contribution in [0.5, 0.6) is 0 Å². The van der Waals surface area contributed by atoms with E-state index in [1.807, 2.05) is 12.1 Å². The molecule has 0 aliphatic carbocycles. The molecule has 1 aliphatic rings. The zero-order valence-corrected chi connectivity index (χ0v) is 14.8. The maximum Gasteiger partial charge on any atom is 0.416 e. The fraction of sp³-hybridized carbons (Fsp3) is 0.333. The van der Waals surface area contributed by atoms with E-state index in [0.717, 1.165) is 56.2 Å². The molecular weight excluding hydrogens is 365 g/mol. The van der Waals surface area contributed by atoms with E-state index in [9.17, 15) is 21.6 Å². The van der Waals surface area contributed by atoms with Crippen molar-refractivity contribution in [3.8, 4) is 0 Å². The zero-order chi connectivity index (χ0) is 18.8. The molecule has 0 bridgehead atoms. The van der Waals surface area contributed by atoms with Crippen molar-refractivity contribution < 1.29 is 21.6 Å². The first kappa shape index (κ1) is 18.6. The quantitative estimate of drug-likeness (QED) is 0.845. The summed E-state index contributed by atoms with van der Waals surface area (Å²) in [5.41, 5.74) is 0.110. The van der Waals surface area contributed by atoms with Gasteiger partial charge in [0.05, 0.1) is 21.8 Å². The molecule has 140 valence electrons. The standard InChI is InChI=1S/C18H19F3N2O2S/c19-18(20,21)14-7-6-8-15(13-14)26(24,25)22-16-9-2-3-10-17(16)23-11-4-1-5-12-23/h2-3,6-10,13,22H,1,4-5,11-12H2.